The summed E-state index contributed by atoms with van der Waals surface area (Å²) in [5, 5.41) is 10.4. The first-order valence-electron chi connectivity index (χ1n) is 9.21. The Bertz CT molecular complexity index is 499. The lowest BCUT2D eigenvalue weighted by molar-refractivity contribution is 0.192. The molecule has 0 spiro atoms. The Balaban J connectivity index is 0.00000312. The largest absolute Gasteiger partial charge is 0.357 e. The van der Waals surface area contributed by atoms with Crippen LogP contribution in [-0.4, -0.2) is 60.3 Å². The molecule has 0 amide bonds. The number of hydrogen-bond acceptors (Lipinski definition) is 5. The maximum atomic E-state index is 5.11. The molecule has 7 nitrogen and oxygen atoms in total. The molecule has 1 fully saturated rings. The predicted molar refractivity (Wildman–Crippen MR) is 112 cm³/mol. The molecule has 1 aromatic heterocycles. The fraction of sp³-hybridized carbons (Fsp3) is 0.824. The van der Waals surface area contributed by atoms with Crippen LogP contribution in [0.5, 0.6) is 0 Å². The predicted octanol–water partition coefficient (Wildman–Crippen LogP) is 2.22. The van der Waals surface area contributed by atoms with Gasteiger partial charge in [-0.15, -0.1) is 24.0 Å². The van der Waals surface area contributed by atoms with Crippen LogP contribution in [0.3, 0.4) is 0 Å². The minimum atomic E-state index is 0. The van der Waals surface area contributed by atoms with Crippen LogP contribution in [0.2, 0.25) is 0 Å². The van der Waals surface area contributed by atoms with Crippen molar-refractivity contribution >= 4 is 29.9 Å². The molecule has 0 saturated carbocycles. The van der Waals surface area contributed by atoms with Gasteiger partial charge in [-0.1, -0.05) is 12.1 Å². The third kappa shape index (κ3) is 8.84. The number of aromatic nitrogens is 2. The Morgan fingerprint density at radius 2 is 2.08 bits per heavy atom. The number of aryl methyl sites for hydroxylation is 1. The molecule has 25 heavy (non-hydrogen) atoms. The van der Waals surface area contributed by atoms with Crippen molar-refractivity contribution in [1.82, 2.24) is 25.7 Å². The molecule has 0 atom stereocenters. The summed E-state index contributed by atoms with van der Waals surface area (Å²) >= 11 is 0. The summed E-state index contributed by atoms with van der Waals surface area (Å²) in [6, 6.07) is 0. The van der Waals surface area contributed by atoms with Gasteiger partial charge in [-0.05, 0) is 58.7 Å². The van der Waals surface area contributed by atoms with E-state index in [4.69, 9.17) is 4.52 Å². The topological polar surface area (TPSA) is 78.6 Å². The maximum Gasteiger partial charge on any atom is 0.228 e. The SMILES string of the molecule is CCNC(=NCCCN1CCC(C)CC1)NCCc1nc(C)no1.I. The molecule has 2 heterocycles. The van der Waals surface area contributed by atoms with E-state index in [0.29, 0.717) is 18.1 Å². The first kappa shape index (κ1) is 22.1. The molecular formula is C17H33IN6O. The number of guanidine groups is 1. The summed E-state index contributed by atoms with van der Waals surface area (Å²) in [6.07, 6.45) is 4.48. The average molecular weight is 464 g/mol. The smallest absolute Gasteiger partial charge is 0.228 e. The van der Waals surface area contributed by atoms with Crippen molar-refractivity contribution in [2.24, 2.45) is 10.9 Å². The molecule has 1 saturated heterocycles. The number of rotatable bonds is 8. The van der Waals surface area contributed by atoms with Gasteiger partial charge in [0.1, 0.15) is 0 Å². The van der Waals surface area contributed by atoms with Crippen LogP contribution >= 0.6 is 24.0 Å². The van der Waals surface area contributed by atoms with Gasteiger partial charge >= 0.3 is 0 Å². The van der Waals surface area contributed by atoms with Gasteiger partial charge in [0, 0.05) is 26.1 Å². The summed E-state index contributed by atoms with van der Waals surface area (Å²) in [5.41, 5.74) is 0. The van der Waals surface area contributed by atoms with Gasteiger partial charge in [0.15, 0.2) is 11.8 Å². The van der Waals surface area contributed by atoms with E-state index in [1.807, 2.05) is 6.92 Å². The molecule has 0 bridgehead atoms. The fourth-order valence-corrected chi connectivity index (χ4v) is 2.84. The first-order valence-corrected chi connectivity index (χ1v) is 9.21. The van der Waals surface area contributed by atoms with Crippen LogP contribution in [0.25, 0.3) is 0 Å². The monoisotopic (exact) mass is 464 g/mol. The highest BCUT2D eigenvalue weighted by molar-refractivity contribution is 14.0. The summed E-state index contributed by atoms with van der Waals surface area (Å²) < 4.78 is 5.11. The Labute approximate surface area is 168 Å². The van der Waals surface area contributed by atoms with E-state index in [1.54, 1.807) is 0 Å². The lowest BCUT2D eigenvalue weighted by atomic mass is 9.99. The Morgan fingerprint density at radius 1 is 1.32 bits per heavy atom. The second kappa shape index (κ2) is 12.5. The number of nitrogens with one attached hydrogen (secondary N) is 2. The number of hydrogen-bond donors (Lipinski definition) is 2. The normalized spacial score (nSPS) is 16.5. The quantitative estimate of drug-likeness (QED) is 0.266. The molecule has 144 valence electrons. The molecule has 2 rings (SSSR count). The van der Waals surface area contributed by atoms with Crippen LogP contribution in [-0.2, 0) is 6.42 Å². The van der Waals surface area contributed by atoms with Crippen LogP contribution in [0, 0.1) is 12.8 Å². The Hall–Kier alpha value is -0.900. The summed E-state index contributed by atoms with van der Waals surface area (Å²) in [6.45, 7) is 12.3. The van der Waals surface area contributed by atoms with E-state index in [0.717, 1.165) is 44.5 Å². The van der Waals surface area contributed by atoms with Crippen LogP contribution in [0.1, 0.15) is 44.8 Å². The molecular weight excluding hydrogens is 431 g/mol. The van der Waals surface area contributed by atoms with Crippen molar-refractivity contribution in [2.45, 2.75) is 46.5 Å². The van der Waals surface area contributed by atoms with Crippen molar-refractivity contribution in [2.75, 3.05) is 39.3 Å². The second-order valence-electron chi connectivity index (χ2n) is 6.55. The molecule has 0 unspecified atom stereocenters. The maximum absolute atomic E-state index is 5.11. The highest BCUT2D eigenvalue weighted by Gasteiger charge is 2.14. The van der Waals surface area contributed by atoms with E-state index >= 15 is 0 Å². The first-order chi connectivity index (χ1) is 11.7. The van der Waals surface area contributed by atoms with Gasteiger partial charge in [-0.2, -0.15) is 4.98 Å². The standard InChI is InChI=1S/C17H32N6O.HI/c1-4-18-17(20-10-6-16-21-15(3)22-24-16)19-9-5-11-23-12-7-14(2)8-13-23;/h14H,4-13H2,1-3H3,(H2,18,19,20);1H. The van der Waals surface area contributed by atoms with Gasteiger partial charge in [0.2, 0.25) is 5.89 Å². The number of aliphatic imine (C=N–C) groups is 1. The van der Waals surface area contributed by atoms with Gasteiger partial charge in [-0.3, -0.25) is 4.99 Å². The number of likely N-dealkylation sites (tertiary alicyclic amines) is 1. The third-order valence-corrected chi connectivity index (χ3v) is 4.32. The molecule has 1 aliphatic heterocycles. The molecule has 8 heteroatoms. The molecule has 0 radical (unpaired) electrons. The number of nitrogens with zero attached hydrogens (tertiary/aromatic N) is 4. The van der Waals surface area contributed by atoms with E-state index in [-0.39, 0.29) is 24.0 Å². The lowest BCUT2D eigenvalue weighted by Gasteiger charge is -2.29. The highest BCUT2D eigenvalue weighted by atomic mass is 127. The number of piperidine rings is 1. The van der Waals surface area contributed by atoms with Crippen molar-refractivity contribution in [3.63, 3.8) is 0 Å². The summed E-state index contributed by atoms with van der Waals surface area (Å²) in [5.74, 6) is 3.10. The van der Waals surface area contributed by atoms with Gasteiger partial charge in [0.05, 0.1) is 0 Å². The minimum Gasteiger partial charge on any atom is -0.357 e. The molecule has 0 aromatic carbocycles. The van der Waals surface area contributed by atoms with Crippen molar-refractivity contribution in [3.8, 4) is 0 Å². The molecule has 1 aliphatic rings. The molecule has 1 aromatic rings. The van der Waals surface area contributed by atoms with E-state index in [9.17, 15) is 0 Å². The van der Waals surface area contributed by atoms with E-state index in [1.165, 1.54) is 25.9 Å². The molecule has 2 N–H and O–H groups in total. The number of halogens is 1. The fourth-order valence-electron chi connectivity index (χ4n) is 2.84. The van der Waals surface area contributed by atoms with Crippen LogP contribution < -0.4 is 10.6 Å². The zero-order chi connectivity index (χ0) is 17.2. The van der Waals surface area contributed by atoms with Crippen molar-refractivity contribution < 1.29 is 4.52 Å². The lowest BCUT2D eigenvalue weighted by Crippen LogP contribution is -2.38. The third-order valence-electron chi connectivity index (χ3n) is 4.32. The minimum absolute atomic E-state index is 0. The van der Waals surface area contributed by atoms with E-state index in [2.05, 4.69) is 44.5 Å². The van der Waals surface area contributed by atoms with Crippen molar-refractivity contribution in [1.29, 1.82) is 0 Å². The zero-order valence-corrected chi connectivity index (χ0v) is 18.1. The molecule has 0 aliphatic carbocycles. The Morgan fingerprint density at radius 3 is 2.72 bits per heavy atom. The summed E-state index contributed by atoms with van der Waals surface area (Å²) in [7, 11) is 0. The summed E-state index contributed by atoms with van der Waals surface area (Å²) in [4.78, 5) is 11.4. The second-order valence-corrected chi connectivity index (χ2v) is 6.55. The highest BCUT2D eigenvalue weighted by Crippen LogP contribution is 2.15. The van der Waals surface area contributed by atoms with E-state index < -0.39 is 0 Å². The van der Waals surface area contributed by atoms with Crippen LogP contribution in [0.15, 0.2) is 9.52 Å². The van der Waals surface area contributed by atoms with Crippen molar-refractivity contribution in [3.05, 3.63) is 11.7 Å². The van der Waals surface area contributed by atoms with Gasteiger partial charge in [-0.25, -0.2) is 0 Å². The Kier molecular flexibility index (Phi) is 11.0. The van der Waals surface area contributed by atoms with Gasteiger partial charge in [0.25, 0.3) is 0 Å². The zero-order valence-electron chi connectivity index (χ0n) is 15.8. The van der Waals surface area contributed by atoms with Crippen LogP contribution in [0.4, 0.5) is 0 Å². The average Bonchev–Trinajstić information content (AvgIpc) is 2.98. The van der Waals surface area contributed by atoms with Gasteiger partial charge < -0.3 is 20.1 Å².